The molecule has 0 aromatic carbocycles. The Kier molecular flexibility index (Phi) is 5.15. The van der Waals surface area contributed by atoms with Crippen molar-refractivity contribution in [2.45, 2.75) is 46.8 Å². The van der Waals surface area contributed by atoms with Crippen LogP contribution in [0.1, 0.15) is 47.2 Å². The Balaban J connectivity index is 2.01. The molecule has 0 aliphatic heterocycles. The zero-order valence-electron chi connectivity index (χ0n) is 13.8. The van der Waals surface area contributed by atoms with E-state index in [9.17, 15) is 9.59 Å². The van der Waals surface area contributed by atoms with Crippen molar-refractivity contribution in [3.05, 3.63) is 27.8 Å². The van der Waals surface area contributed by atoms with E-state index in [1.807, 2.05) is 20.8 Å². The normalized spacial score (nSPS) is 12.3. The highest BCUT2D eigenvalue weighted by Gasteiger charge is 2.23. The lowest BCUT2D eigenvalue weighted by Crippen LogP contribution is -2.31. The molecule has 0 aliphatic rings. The second kappa shape index (κ2) is 6.91. The first kappa shape index (κ1) is 17.1. The minimum atomic E-state index is -0.917. The summed E-state index contributed by atoms with van der Waals surface area (Å²) in [5.41, 5.74) is 0.614. The fraction of sp³-hybridized carbons (Fsp3) is 0.467. The van der Waals surface area contributed by atoms with E-state index in [2.05, 4.69) is 15.4 Å². The summed E-state index contributed by atoms with van der Waals surface area (Å²) in [5.74, 6) is -0.370. The molecule has 7 nitrogen and oxygen atoms in total. The van der Waals surface area contributed by atoms with Crippen LogP contribution in [0, 0.1) is 13.8 Å². The maximum absolute atomic E-state index is 12.2. The van der Waals surface area contributed by atoms with Crippen LogP contribution in [-0.4, -0.2) is 32.7 Å². The fourth-order valence-corrected chi connectivity index (χ4v) is 2.84. The van der Waals surface area contributed by atoms with Crippen LogP contribution in [0.2, 0.25) is 0 Å². The van der Waals surface area contributed by atoms with Crippen molar-refractivity contribution in [3.8, 4) is 0 Å². The van der Waals surface area contributed by atoms with Crippen LogP contribution >= 0.6 is 11.3 Å². The van der Waals surface area contributed by atoms with Crippen LogP contribution in [0.4, 0.5) is 5.82 Å². The van der Waals surface area contributed by atoms with Crippen molar-refractivity contribution in [2.24, 2.45) is 0 Å². The number of aromatic nitrogens is 3. The highest BCUT2D eigenvalue weighted by Crippen LogP contribution is 2.19. The van der Waals surface area contributed by atoms with Gasteiger partial charge in [-0.15, -0.1) is 11.3 Å². The van der Waals surface area contributed by atoms with Gasteiger partial charge in [0.2, 0.25) is 0 Å². The zero-order chi connectivity index (χ0) is 17.1. The van der Waals surface area contributed by atoms with E-state index in [0.29, 0.717) is 16.4 Å². The third-order valence-electron chi connectivity index (χ3n) is 3.15. The first-order valence-corrected chi connectivity index (χ1v) is 8.10. The number of thiazole rings is 1. The number of nitrogens with one attached hydrogen (secondary N) is 1. The largest absolute Gasteiger partial charge is 0.448 e. The van der Waals surface area contributed by atoms with Gasteiger partial charge in [0.1, 0.15) is 10.7 Å². The lowest BCUT2D eigenvalue weighted by molar-refractivity contribution is -0.123. The van der Waals surface area contributed by atoms with E-state index in [4.69, 9.17) is 4.74 Å². The number of amides is 1. The second-order valence-electron chi connectivity index (χ2n) is 5.44. The number of hydrogen-bond acceptors (Lipinski definition) is 6. The number of carbonyl (C=O) groups is 2. The standard InChI is InChI=1S/C15H20N4O3S/c1-8(2)19-12(6-7-16-19)18-14(20)10(4)22-15(21)13-9(3)17-11(5)23-13/h6-8,10H,1-5H3,(H,18,20)/t10-/m0/s1. The SMILES string of the molecule is Cc1nc(C)c(C(=O)O[C@@H](C)C(=O)Nc2ccnn2C(C)C)s1. The molecule has 0 saturated heterocycles. The van der Waals surface area contributed by atoms with Crippen molar-refractivity contribution < 1.29 is 14.3 Å². The minimum Gasteiger partial charge on any atom is -0.448 e. The van der Waals surface area contributed by atoms with E-state index < -0.39 is 18.0 Å². The van der Waals surface area contributed by atoms with Crippen LogP contribution in [0.25, 0.3) is 0 Å². The summed E-state index contributed by atoms with van der Waals surface area (Å²) in [4.78, 5) is 28.9. The third kappa shape index (κ3) is 3.95. The fourth-order valence-electron chi connectivity index (χ4n) is 2.04. The van der Waals surface area contributed by atoms with Gasteiger partial charge in [-0.05, 0) is 34.6 Å². The molecule has 0 saturated carbocycles. The van der Waals surface area contributed by atoms with Gasteiger partial charge in [-0.2, -0.15) is 5.10 Å². The van der Waals surface area contributed by atoms with Gasteiger partial charge in [0.05, 0.1) is 16.9 Å². The van der Waals surface area contributed by atoms with Gasteiger partial charge in [-0.3, -0.25) is 4.79 Å². The highest BCUT2D eigenvalue weighted by atomic mass is 32.1. The monoisotopic (exact) mass is 336 g/mol. The molecule has 23 heavy (non-hydrogen) atoms. The summed E-state index contributed by atoms with van der Waals surface area (Å²) in [7, 11) is 0. The molecule has 0 bridgehead atoms. The zero-order valence-corrected chi connectivity index (χ0v) is 14.6. The minimum absolute atomic E-state index is 0.112. The van der Waals surface area contributed by atoms with Crippen LogP contribution in [0.5, 0.6) is 0 Å². The number of hydrogen-bond donors (Lipinski definition) is 1. The number of carbonyl (C=O) groups excluding carboxylic acids is 2. The number of esters is 1. The van der Waals surface area contributed by atoms with Crippen molar-refractivity contribution in [2.75, 3.05) is 5.32 Å². The number of rotatable bonds is 5. The lowest BCUT2D eigenvalue weighted by atomic mass is 10.3. The molecule has 0 spiro atoms. The Bertz CT molecular complexity index is 720. The summed E-state index contributed by atoms with van der Waals surface area (Å²) < 4.78 is 6.91. The van der Waals surface area contributed by atoms with Gasteiger partial charge >= 0.3 is 5.97 Å². The van der Waals surface area contributed by atoms with Crippen LogP contribution in [0.15, 0.2) is 12.3 Å². The Hall–Kier alpha value is -2.22. The summed E-state index contributed by atoms with van der Waals surface area (Å²) in [5, 5.41) is 7.64. The average molecular weight is 336 g/mol. The first-order chi connectivity index (χ1) is 10.8. The van der Waals surface area contributed by atoms with Gasteiger partial charge in [0.25, 0.3) is 5.91 Å². The van der Waals surface area contributed by atoms with Gasteiger partial charge in [-0.25, -0.2) is 14.5 Å². The second-order valence-corrected chi connectivity index (χ2v) is 6.64. The van der Waals surface area contributed by atoms with Crippen molar-refractivity contribution in [1.29, 1.82) is 0 Å². The number of nitrogens with zero attached hydrogens (tertiary/aromatic N) is 3. The van der Waals surface area contributed by atoms with Crippen LogP contribution in [0.3, 0.4) is 0 Å². The average Bonchev–Trinajstić information content (AvgIpc) is 3.04. The van der Waals surface area contributed by atoms with Crippen LogP contribution < -0.4 is 5.32 Å². The molecule has 0 radical (unpaired) electrons. The van der Waals surface area contributed by atoms with E-state index in [0.717, 1.165) is 5.01 Å². The van der Waals surface area contributed by atoms with Gasteiger partial charge in [0, 0.05) is 12.1 Å². The van der Waals surface area contributed by atoms with Crippen molar-refractivity contribution in [3.63, 3.8) is 0 Å². The van der Waals surface area contributed by atoms with E-state index in [-0.39, 0.29) is 6.04 Å². The Morgan fingerprint density at radius 1 is 1.30 bits per heavy atom. The Morgan fingerprint density at radius 3 is 2.57 bits per heavy atom. The van der Waals surface area contributed by atoms with Gasteiger partial charge in [0.15, 0.2) is 6.10 Å². The summed E-state index contributed by atoms with van der Waals surface area (Å²) >= 11 is 1.26. The van der Waals surface area contributed by atoms with Gasteiger partial charge in [-0.1, -0.05) is 0 Å². The maximum atomic E-state index is 12.2. The molecule has 0 unspecified atom stereocenters. The molecule has 8 heteroatoms. The molecule has 1 N–H and O–H groups in total. The topological polar surface area (TPSA) is 86.1 Å². The summed E-state index contributed by atoms with van der Waals surface area (Å²) in [6, 6.07) is 1.81. The predicted molar refractivity (Wildman–Crippen MR) is 87.7 cm³/mol. The number of ether oxygens (including phenoxy) is 1. The van der Waals surface area contributed by atoms with Crippen LogP contribution in [-0.2, 0) is 9.53 Å². The van der Waals surface area contributed by atoms with Crippen molar-refractivity contribution in [1.82, 2.24) is 14.8 Å². The molecule has 1 amide bonds. The summed E-state index contributed by atoms with van der Waals surface area (Å²) in [6.07, 6.45) is 0.690. The molecule has 2 heterocycles. The molecule has 2 aromatic rings. The third-order valence-corrected chi connectivity index (χ3v) is 4.21. The molecule has 2 aromatic heterocycles. The number of aryl methyl sites for hydroxylation is 2. The van der Waals surface area contributed by atoms with E-state index in [1.54, 1.807) is 23.9 Å². The molecule has 0 aliphatic carbocycles. The molecule has 124 valence electrons. The van der Waals surface area contributed by atoms with Crippen molar-refractivity contribution >= 4 is 29.0 Å². The Labute approximate surface area is 138 Å². The maximum Gasteiger partial charge on any atom is 0.351 e. The van der Waals surface area contributed by atoms with E-state index >= 15 is 0 Å². The quantitative estimate of drug-likeness (QED) is 0.849. The smallest absolute Gasteiger partial charge is 0.351 e. The molecule has 2 rings (SSSR count). The Morgan fingerprint density at radius 2 is 2.00 bits per heavy atom. The first-order valence-electron chi connectivity index (χ1n) is 7.29. The number of anilines is 1. The lowest BCUT2D eigenvalue weighted by Gasteiger charge is -2.15. The van der Waals surface area contributed by atoms with E-state index in [1.165, 1.54) is 18.3 Å². The molecular weight excluding hydrogens is 316 g/mol. The molecule has 1 atom stereocenters. The molecule has 0 fully saturated rings. The highest BCUT2D eigenvalue weighted by molar-refractivity contribution is 7.13. The van der Waals surface area contributed by atoms with Gasteiger partial charge < -0.3 is 10.1 Å². The molecular formula is C15H20N4O3S. The summed E-state index contributed by atoms with van der Waals surface area (Å²) in [6.45, 7) is 9.01. The predicted octanol–water partition coefficient (Wildman–Crippen LogP) is 2.72.